The van der Waals surface area contributed by atoms with Crippen molar-refractivity contribution in [2.24, 2.45) is 11.1 Å². The molecule has 0 spiro atoms. The van der Waals surface area contributed by atoms with Crippen LogP contribution in [0.5, 0.6) is 0 Å². The van der Waals surface area contributed by atoms with E-state index in [0.29, 0.717) is 12.2 Å². The van der Waals surface area contributed by atoms with Crippen LogP contribution in [0.4, 0.5) is 4.39 Å². The van der Waals surface area contributed by atoms with Gasteiger partial charge < -0.3 is 10.5 Å². The van der Waals surface area contributed by atoms with E-state index < -0.39 is 0 Å². The van der Waals surface area contributed by atoms with Crippen LogP contribution in [0.1, 0.15) is 32.3 Å². The Bertz CT molecular complexity index is 392. The lowest BCUT2D eigenvalue weighted by Gasteiger charge is -2.26. The summed E-state index contributed by atoms with van der Waals surface area (Å²) in [5.41, 5.74) is 6.87. The Kier molecular flexibility index (Phi) is 3.50. The lowest BCUT2D eigenvalue weighted by Crippen LogP contribution is -2.41. The van der Waals surface area contributed by atoms with Gasteiger partial charge in [0.05, 0.1) is 12.7 Å². The summed E-state index contributed by atoms with van der Waals surface area (Å²) in [6.07, 6.45) is 2.07. The molecule has 2 unspecified atom stereocenters. The van der Waals surface area contributed by atoms with Crippen molar-refractivity contribution in [1.82, 2.24) is 0 Å². The van der Waals surface area contributed by atoms with E-state index in [4.69, 9.17) is 10.5 Å². The molecule has 0 aliphatic heterocycles. The van der Waals surface area contributed by atoms with Crippen LogP contribution in [0.2, 0.25) is 0 Å². The molecule has 0 amide bonds. The lowest BCUT2D eigenvalue weighted by molar-refractivity contribution is 0.0246. The first kappa shape index (κ1) is 12.5. The molecule has 0 aromatic heterocycles. The van der Waals surface area contributed by atoms with E-state index in [1.165, 1.54) is 6.07 Å². The van der Waals surface area contributed by atoms with Crippen molar-refractivity contribution < 1.29 is 9.13 Å². The predicted molar refractivity (Wildman–Crippen MR) is 66.0 cm³/mol. The highest BCUT2D eigenvalue weighted by Crippen LogP contribution is 2.37. The maximum atomic E-state index is 13.4. The van der Waals surface area contributed by atoms with Gasteiger partial charge in [-0.2, -0.15) is 0 Å². The quantitative estimate of drug-likeness (QED) is 0.877. The number of nitrogens with two attached hydrogens (primary N) is 1. The molecule has 0 bridgehead atoms. The molecule has 1 aliphatic carbocycles. The molecule has 1 saturated carbocycles. The Morgan fingerprint density at radius 1 is 1.41 bits per heavy atom. The number of rotatable bonds is 3. The van der Waals surface area contributed by atoms with Crippen LogP contribution < -0.4 is 5.73 Å². The summed E-state index contributed by atoms with van der Waals surface area (Å²) in [5, 5.41) is 0. The molecule has 1 fully saturated rings. The Labute approximate surface area is 102 Å². The molecular formula is C14H20FNO. The fourth-order valence-electron chi connectivity index (χ4n) is 2.36. The standard InChI is InChI=1S/C14H20FNO/c1-14(2)8-7-12(13(14)16)17-9-10-5-3-4-6-11(10)15/h3-6,12-13H,7-9,16H2,1-2H3. The van der Waals surface area contributed by atoms with E-state index in [-0.39, 0.29) is 23.4 Å². The van der Waals surface area contributed by atoms with E-state index in [0.717, 1.165) is 12.8 Å². The molecule has 3 heteroatoms. The monoisotopic (exact) mass is 237 g/mol. The maximum Gasteiger partial charge on any atom is 0.128 e. The molecule has 2 rings (SSSR count). The highest BCUT2D eigenvalue weighted by Gasteiger charge is 2.40. The third-order valence-electron chi connectivity index (χ3n) is 3.79. The number of ether oxygens (including phenoxy) is 1. The van der Waals surface area contributed by atoms with Crippen LogP contribution in [-0.4, -0.2) is 12.1 Å². The fourth-order valence-corrected chi connectivity index (χ4v) is 2.36. The molecule has 94 valence electrons. The third-order valence-corrected chi connectivity index (χ3v) is 3.79. The largest absolute Gasteiger partial charge is 0.372 e. The smallest absolute Gasteiger partial charge is 0.128 e. The van der Waals surface area contributed by atoms with Crippen LogP contribution in [0.15, 0.2) is 24.3 Å². The Hall–Kier alpha value is -0.930. The summed E-state index contributed by atoms with van der Waals surface area (Å²) in [4.78, 5) is 0. The highest BCUT2D eigenvalue weighted by molar-refractivity contribution is 5.16. The summed E-state index contributed by atoms with van der Waals surface area (Å²) in [6.45, 7) is 4.62. The predicted octanol–water partition coefficient (Wildman–Crippen LogP) is 2.86. The van der Waals surface area contributed by atoms with Gasteiger partial charge in [-0.3, -0.25) is 0 Å². The molecule has 1 aliphatic rings. The number of hydrogen-bond acceptors (Lipinski definition) is 2. The molecule has 1 aromatic carbocycles. The molecular weight excluding hydrogens is 217 g/mol. The number of benzene rings is 1. The summed E-state index contributed by atoms with van der Waals surface area (Å²) < 4.78 is 19.2. The van der Waals surface area contributed by atoms with Gasteiger partial charge in [-0.15, -0.1) is 0 Å². The van der Waals surface area contributed by atoms with E-state index in [9.17, 15) is 4.39 Å². The molecule has 0 heterocycles. The summed E-state index contributed by atoms with van der Waals surface area (Å²) in [6, 6.07) is 6.75. The van der Waals surface area contributed by atoms with Gasteiger partial charge in [0.15, 0.2) is 0 Å². The van der Waals surface area contributed by atoms with E-state index >= 15 is 0 Å². The van der Waals surface area contributed by atoms with Gasteiger partial charge >= 0.3 is 0 Å². The minimum atomic E-state index is -0.210. The van der Waals surface area contributed by atoms with E-state index in [2.05, 4.69) is 13.8 Å². The summed E-state index contributed by atoms with van der Waals surface area (Å²) >= 11 is 0. The Balaban J connectivity index is 1.94. The second kappa shape index (κ2) is 4.75. The highest BCUT2D eigenvalue weighted by atomic mass is 19.1. The average molecular weight is 237 g/mol. The first-order valence-electron chi connectivity index (χ1n) is 6.11. The summed E-state index contributed by atoms with van der Waals surface area (Å²) in [7, 11) is 0. The third kappa shape index (κ3) is 2.67. The van der Waals surface area contributed by atoms with Gasteiger partial charge in [0.25, 0.3) is 0 Å². The molecule has 2 nitrogen and oxygen atoms in total. The average Bonchev–Trinajstić information content (AvgIpc) is 2.54. The van der Waals surface area contributed by atoms with Gasteiger partial charge in [0, 0.05) is 11.6 Å². The summed E-state index contributed by atoms with van der Waals surface area (Å²) in [5.74, 6) is -0.210. The number of hydrogen-bond donors (Lipinski definition) is 1. The van der Waals surface area contributed by atoms with Crippen molar-refractivity contribution in [2.45, 2.75) is 45.4 Å². The maximum absolute atomic E-state index is 13.4. The van der Waals surface area contributed by atoms with Gasteiger partial charge in [-0.25, -0.2) is 4.39 Å². The molecule has 2 atom stereocenters. The normalized spacial score (nSPS) is 27.3. The zero-order valence-electron chi connectivity index (χ0n) is 10.4. The minimum Gasteiger partial charge on any atom is -0.372 e. The lowest BCUT2D eigenvalue weighted by atomic mass is 9.88. The first-order chi connectivity index (χ1) is 8.00. The van der Waals surface area contributed by atoms with Crippen LogP contribution >= 0.6 is 0 Å². The van der Waals surface area contributed by atoms with Gasteiger partial charge in [-0.05, 0) is 24.3 Å². The van der Waals surface area contributed by atoms with Crippen molar-refractivity contribution in [3.8, 4) is 0 Å². The van der Waals surface area contributed by atoms with Crippen molar-refractivity contribution in [1.29, 1.82) is 0 Å². The van der Waals surface area contributed by atoms with Crippen molar-refractivity contribution in [3.63, 3.8) is 0 Å². The van der Waals surface area contributed by atoms with Gasteiger partial charge in [0.1, 0.15) is 5.82 Å². The molecule has 0 saturated heterocycles. The Morgan fingerprint density at radius 3 is 2.71 bits per heavy atom. The van der Waals surface area contributed by atoms with Gasteiger partial charge in [0.2, 0.25) is 0 Å². The van der Waals surface area contributed by atoms with Crippen molar-refractivity contribution in [2.75, 3.05) is 0 Å². The zero-order valence-corrected chi connectivity index (χ0v) is 10.4. The van der Waals surface area contributed by atoms with E-state index in [1.807, 2.05) is 6.07 Å². The van der Waals surface area contributed by atoms with Crippen LogP contribution in [0, 0.1) is 11.2 Å². The van der Waals surface area contributed by atoms with E-state index in [1.54, 1.807) is 12.1 Å². The molecule has 2 N–H and O–H groups in total. The van der Waals surface area contributed by atoms with Crippen LogP contribution in [0.25, 0.3) is 0 Å². The van der Waals surface area contributed by atoms with Crippen molar-refractivity contribution >= 4 is 0 Å². The SMILES string of the molecule is CC1(C)CCC(OCc2ccccc2F)C1N. The van der Waals surface area contributed by atoms with Crippen LogP contribution in [-0.2, 0) is 11.3 Å². The Morgan fingerprint density at radius 2 is 2.12 bits per heavy atom. The minimum absolute atomic E-state index is 0.0364. The second-order valence-corrected chi connectivity index (χ2v) is 5.49. The molecule has 1 aromatic rings. The topological polar surface area (TPSA) is 35.2 Å². The van der Waals surface area contributed by atoms with Crippen molar-refractivity contribution in [3.05, 3.63) is 35.6 Å². The van der Waals surface area contributed by atoms with Crippen LogP contribution in [0.3, 0.4) is 0 Å². The number of halogens is 1. The fraction of sp³-hybridized carbons (Fsp3) is 0.571. The first-order valence-corrected chi connectivity index (χ1v) is 6.11. The second-order valence-electron chi connectivity index (χ2n) is 5.49. The van der Waals surface area contributed by atoms with Gasteiger partial charge in [-0.1, -0.05) is 32.0 Å². The molecule has 0 radical (unpaired) electrons. The molecule has 17 heavy (non-hydrogen) atoms. The zero-order chi connectivity index (χ0) is 12.5.